The van der Waals surface area contributed by atoms with Crippen molar-refractivity contribution in [3.63, 3.8) is 0 Å². The Morgan fingerprint density at radius 3 is 1.33 bits per heavy atom. The molecule has 4 atom stereocenters. The van der Waals surface area contributed by atoms with Crippen LogP contribution in [-0.4, -0.2) is 172 Å². The minimum Gasteiger partial charge on any atom is -0.508 e. The molecule has 4 N–H and O–H groups in total. The number of hydrogen-bond acceptors (Lipinski definition) is 14. The lowest BCUT2D eigenvalue weighted by Crippen LogP contribution is -2.53. The zero-order valence-corrected chi connectivity index (χ0v) is 78.3. The molecule has 18 heteroatoms. The minimum absolute atomic E-state index is 0.129. The van der Waals surface area contributed by atoms with Gasteiger partial charge in [0.2, 0.25) is 0 Å². The van der Waals surface area contributed by atoms with Gasteiger partial charge in [-0.3, -0.25) is 28.4 Å². The van der Waals surface area contributed by atoms with Crippen LogP contribution in [0.2, 0.25) is 0 Å². The summed E-state index contributed by atoms with van der Waals surface area (Å²) in [5.41, 5.74) is 24.7. The van der Waals surface area contributed by atoms with E-state index in [0.717, 1.165) is 170 Å². The van der Waals surface area contributed by atoms with Gasteiger partial charge in [0.15, 0.2) is 0 Å². The number of nitrogens with zero attached hydrogens (tertiary/aromatic N) is 7. The van der Waals surface area contributed by atoms with E-state index in [9.17, 15) is 29.2 Å². The highest BCUT2D eigenvalue weighted by atomic mass is 32.1. The molecule has 0 amide bonds. The molecule has 0 unspecified atom stereocenters. The molecule has 686 valence electrons. The second-order valence-corrected chi connectivity index (χ2v) is 38.4. The molecule has 14 aromatic rings. The molecule has 7 heterocycles. The lowest BCUT2D eigenvalue weighted by molar-refractivity contribution is 0.0183. The number of thiazole rings is 1. The lowest BCUT2D eigenvalue weighted by Gasteiger charge is -2.38. The number of phenolic OH excluding ortho intramolecular Hbond substituents is 4. The molecule has 20 rings (SSSR count). The number of likely N-dealkylation sites (tertiary alicyclic amines) is 4. The molecular weight excluding hydrogens is 1670 g/mol. The number of halogens is 2. The topological polar surface area (TPSA) is 154 Å². The maximum atomic E-state index is 12.6. The van der Waals surface area contributed by atoms with Crippen molar-refractivity contribution in [3.8, 4) is 68.0 Å². The normalized spacial score (nSPS) is 17.7. The highest BCUT2D eigenvalue weighted by Crippen LogP contribution is 2.50. The highest BCUT2D eigenvalue weighted by Gasteiger charge is 2.36. The SMILES string of the molecule is CCC1CN(CCOc2ccc([C@@H]3c4ccc(O)cc4CC[C@@H]3c3ccccc3)cc2)C1.CCC1CN(CCOc2ccc([C@@H]3c4ccc(O)cc4CC[C@@H]3c3ccccc3)cc2)C1.Cc1ccc(-c2c(C)c3cc(O)ccc3n2Cc2ccc(OCCN3CC(CF)C3)cc2)cc1C.Cc1ccc(-c2c(C)c3cc(O)ccc3n2Cc2cnc(OC3CN(CCCF)C3)s2)cc1. The van der Waals surface area contributed by atoms with Gasteiger partial charge in [0.1, 0.15) is 66.2 Å². The van der Waals surface area contributed by atoms with Gasteiger partial charge in [0, 0.05) is 136 Å². The maximum absolute atomic E-state index is 12.6. The zero-order chi connectivity index (χ0) is 91.3. The van der Waals surface area contributed by atoms with Crippen LogP contribution in [0, 0.1) is 52.4 Å². The van der Waals surface area contributed by atoms with E-state index in [1.54, 1.807) is 23.5 Å². The van der Waals surface area contributed by atoms with Crippen molar-refractivity contribution in [2.75, 3.05) is 112 Å². The minimum atomic E-state index is -0.268. The second-order valence-electron chi connectivity index (χ2n) is 37.3. The first kappa shape index (κ1) is 92.1. The van der Waals surface area contributed by atoms with E-state index in [1.807, 2.05) is 66.9 Å². The number of aromatic nitrogens is 3. The van der Waals surface area contributed by atoms with Crippen molar-refractivity contribution >= 4 is 33.1 Å². The van der Waals surface area contributed by atoms with Crippen molar-refractivity contribution in [1.29, 1.82) is 0 Å². The lowest BCUT2D eigenvalue weighted by atomic mass is 9.69. The molecule has 4 aliphatic heterocycles. The van der Waals surface area contributed by atoms with Gasteiger partial charge in [-0.2, -0.15) is 0 Å². The van der Waals surface area contributed by atoms with E-state index in [-0.39, 0.29) is 48.7 Å². The third-order valence-electron chi connectivity index (χ3n) is 28.2. The van der Waals surface area contributed by atoms with E-state index in [1.165, 1.54) is 123 Å². The summed E-state index contributed by atoms with van der Waals surface area (Å²) in [6.45, 7) is 30.0. The van der Waals surface area contributed by atoms with Crippen LogP contribution in [0.4, 0.5) is 8.78 Å². The van der Waals surface area contributed by atoms with E-state index in [4.69, 9.17) is 18.9 Å². The van der Waals surface area contributed by atoms with Crippen LogP contribution in [0.3, 0.4) is 0 Å². The Kier molecular flexibility index (Phi) is 29.9. The molecule has 4 fully saturated rings. The van der Waals surface area contributed by atoms with E-state index in [2.05, 4.69) is 258 Å². The summed E-state index contributed by atoms with van der Waals surface area (Å²) in [7, 11) is 0. The third-order valence-corrected chi connectivity index (χ3v) is 29.1. The zero-order valence-electron chi connectivity index (χ0n) is 77.5. The number of rotatable bonds is 30. The number of fused-ring (bicyclic) bond motifs is 4. The third kappa shape index (κ3) is 21.9. The number of alkyl halides is 2. The van der Waals surface area contributed by atoms with Crippen molar-refractivity contribution < 1.29 is 48.2 Å². The van der Waals surface area contributed by atoms with Crippen LogP contribution >= 0.6 is 11.3 Å². The maximum Gasteiger partial charge on any atom is 0.273 e. The molecule has 0 saturated carbocycles. The smallest absolute Gasteiger partial charge is 0.273 e. The number of benzene rings is 11. The molecule has 4 saturated heterocycles. The van der Waals surface area contributed by atoms with Crippen LogP contribution in [0.25, 0.3) is 44.3 Å². The average molecular weight is 1790 g/mol. The van der Waals surface area contributed by atoms with Crippen LogP contribution in [-0.2, 0) is 25.9 Å². The number of hydrogen-bond donors (Lipinski definition) is 4. The molecule has 6 aliphatic rings. The largest absolute Gasteiger partial charge is 0.508 e. The van der Waals surface area contributed by atoms with E-state index in [0.29, 0.717) is 48.1 Å². The number of aromatic hydroxyl groups is 4. The predicted molar refractivity (Wildman–Crippen MR) is 531 cm³/mol. The Balaban J connectivity index is 0.000000123. The van der Waals surface area contributed by atoms with Gasteiger partial charge < -0.3 is 48.5 Å². The molecule has 132 heavy (non-hydrogen) atoms. The summed E-state index contributed by atoms with van der Waals surface area (Å²) in [5.74, 6) is 7.40. The summed E-state index contributed by atoms with van der Waals surface area (Å²) in [6.07, 6.45) is 9.33. The highest BCUT2D eigenvalue weighted by molar-refractivity contribution is 7.13. The molecule has 0 radical (unpaired) electrons. The fourth-order valence-corrected chi connectivity index (χ4v) is 21.3. The number of aryl methyl sites for hydroxylation is 7. The van der Waals surface area contributed by atoms with Gasteiger partial charge in [0.25, 0.3) is 5.19 Å². The summed E-state index contributed by atoms with van der Waals surface area (Å²) < 4.78 is 53.6. The Morgan fingerprint density at radius 1 is 0.417 bits per heavy atom. The summed E-state index contributed by atoms with van der Waals surface area (Å²) in [6, 6.07) is 85.5. The Morgan fingerprint density at radius 2 is 0.856 bits per heavy atom. The fourth-order valence-electron chi connectivity index (χ4n) is 20.5. The van der Waals surface area contributed by atoms with Gasteiger partial charge in [-0.25, -0.2) is 4.98 Å². The van der Waals surface area contributed by atoms with Crippen molar-refractivity contribution in [2.45, 2.75) is 136 Å². The van der Waals surface area contributed by atoms with Gasteiger partial charge in [-0.05, 0) is 277 Å². The molecule has 11 aromatic carbocycles. The molecule has 0 bridgehead atoms. The first-order chi connectivity index (χ1) is 64.4. The molecule has 2 aliphatic carbocycles. The predicted octanol–water partition coefficient (Wildman–Crippen LogP) is 23.8. The molecule has 0 spiro atoms. The van der Waals surface area contributed by atoms with Crippen LogP contribution in [0.1, 0.15) is 152 Å². The van der Waals surface area contributed by atoms with Crippen molar-refractivity contribution in [1.82, 2.24) is 33.7 Å². The van der Waals surface area contributed by atoms with E-state index >= 15 is 0 Å². The Labute approximate surface area is 781 Å². The molecule has 15 nitrogen and oxygen atoms in total. The summed E-state index contributed by atoms with van der Waals surface area (Å²) in [4.78, 5) is 15.0. The van der Waals surface area contributed by atoms with Gasteiger partial charge in [-0.15, -0.1) is 0 Å². The monoisotopic (exact) mass is 1790 g/mol. The van der Waals surface area contributed by atoms with E-state index < -0.39 is 0 Å². The van der Waals surface area contributed by atoms with Crippen molar-refractivity contribution in [3.05, 3.63) is 338 Å². The van der Waals surface area contributed by atoms with Gasteiger partial charge in [-0.1, -0.05) is 189 Å². The van der Waals surface area contributed by atoms with Gasteiger partial charge >= 0.3 is 0 Å². The summed E-state index contributed by atoms with van der Waals surface area (Å²) in [5, 5.41) is 43.0. The van der Waals surface area contributed by atoms with Crippen LogP contribution in [0.5, 0.6) is 45.4 Å². The van der Waals surface area contributed by atoms with Crippen LogP contribution < -0.4 is 18.9 Å². The average Bonchev–Trinajstić information content (AvgIpc) is 1.46. The fraction of sp³-hybridized carbons (Fsp3) is 0.360. The standard InChI is InChI=1S/C30H33FN2O2.2C29H33NO2.C26H28FN3O2S/c1-20-4-7-25(14-21(20)2)30-22(3)28-15-26(34)8-11-29(28)33(30)19-23-5-9-27(10-6-23)35-13-12-32-17-24(16-31)18-32;2*1-2-21-19-30(20-21)16-17-32-26-12-8-23(9-13-26)29-27(22-6-4-3-5-7-22)14-10-24-18-25(31)11-15-28(24)29;1-17-4-6-19(7-5-17)25-18(2)23-12-20(31)8-9-24(23)30(25)16-22-13-28-26(33-22)32-21-14-29(15-21)11-3-10-27/h4-11,14-15,24,34H,12-13,16-19H2,1-3H3;2*3-9,11-13,15,18,21,27,29,31H,2,10,14,16-17,19-20H2,1H3;4-9,12-13,21,31H,3,10-11,14-16H2,1-2H3/t;2*27-,29+;/m.11./s1. The summed E-state index contributed by atoms with van der Waals surface area (Å²) >= 11 is 1.57. The molecular formula is C114H127F2N7O8S. The quantitative estimate of drug-likeness (QED) is 0.0338. The number of phenols is 4. The van der Waals surface area contributed by atoms with Crippen molar-refractivity contribution in [2.24, 2.45) is 17.8 Å². The first-order valence-corrected chi connectivity index (χ1v) is 48.5. The first-order valence-electron chi connectivity index (χ1n) is 47.7. The van der Waals surface area contributed by atoms with Gasteiger partial charge in [0.05, 0.1) is 31.3 Å². The Bertz CT molecular complexity index is 5970. The molecule has 3 aromatic heterocycles. The van der Waals surface area contributed by atoms with Crippen LogP contribution in [0.15, 0.2) is 255 Å². The second kappa shape index (κ2) is 42.8. The Hall–Kier alpha value is -11.8. The number of ether oxygens (including phenoxy) is 4.